The maximum atomic E-state index is 8.55. The molecule has 0 radical (unpaired) electrons. The minimum absolute atomic E-state index is 0. The van der Waals surface area contributed by atoms with Gasteiger partial charge in [0.05, 0.1) is 0 Å². The van der Waals surface area contributed by atoms with Crippen LogP contribution in [0.15, 0.2) is 0 Å². The summed E-state index contributed by atoms with van der Waals surface area (Å²) in [5.41, 5.74) is 0. The fraction of sp³-hybridized carbons (Fsp3) is 0. The van der Waals surface area contributed by atoms with E-state index in [9.17, 15) is 0 Å². The molecule has 0 atom stereocenters. The largest absolute Gasteiger partial charge is 1.00 e. The maximum absolute atomic E-state index is 8.55. The minimum atomic E-state index is -5.39. The molecular weight excluding hydrogens is 349 g/mol. The van der Waals surface area contributed by atoms with E-state index in [1.54, 1.807) is 0 Å². The van der Waals surface area contributed by atoms with Crippen LogP contribution in [0.25, 0.3) is 0 Å². The summed E-state index contributed by atoms with van der Waals surface area (Å²) >= 11 is 0. The molecule has 0 aromatic heterocycles. The van der Waals surface area contributed by atoms with Crippen molar-refractivity contribution in [3.63, 3.8) is 0 Å². The van der Waals surface area contributed by atoms with Crippen molar-refractivity contribution in [2.24, 2.45) is 0 Å². The van der Waals surface area contributed by atoms with Crippen LogP contribution in [0.1, 0.15) is 0 Å². The van der Waals surface area contributed by atoms with Gasteiger partial charge < -0.3 is 90.4 Å². The fourth-order valence-electron chi connectivity index (χ4n) is 0. The van der Waals surface area contributed by atoms with E-state index in [4.69, 9.17) is 19.2 Å². The summed E-state index contributed by atoms with van der Waals surface area (Å²) in [5.74, 6) is 0. The minimum Gasteiger partial charge on any atom is -0.822 e. The van der Waals surface area contributed by atoms with Gasteiger partial charge in [-0.3, -0.25) is 0 Å². The first-order chi connectivity index (χ1) is 2.00. The summed E-state index contributed by atoms with van der Waals surface area (Å²) in [5, 5.41) is 0. The van der Waals surface area contributed by atoms with Crippen LogP contribution in [-0.2, 0) is 4.57 Å². The first-order valence-corrected chi connectivity index (χ1v) is 2.19. The molecule has 0 spiro atoms. The predicted octanol–water partition coefficient (Wildman–Crippen LogP) is -19.5. The normalized spacial score (nSPS) is 2.95. The van der Waals surface area contributed by atoms with Crippen molar-refractivity contribution in [2.75, 3.05) is 0 Å². The van der Waals surface area contributed by atoms with Crippen molar-refractivity contribution >= 4 is 7.82 Å². The summed E-state index contributed by atoms with van der Waals surface area (Å²) in [6.45, 7) is 0. The molecule has 0 fully saturated rings. The zero-order chi connectivity index (χ0) is 4.50. The fourth-order valence-corrected chi connectivity index (χ4v) is 0. The average Bonchev–Trinajstić information content (AvgIpc) is 0.722. The summed E-state index contributed by atoms with van der Waals surface area (Å²) in [6.07, 6.45) is 0. The second-order valence-corrected chi connectivity index (χ2v) is 1.34. The molecular formula is H26Na2O17P-. The molecule has 0 saturated heterocycles. The Hall–Kier alpha value is 1.59. The van der Waals surface area contributed by atoms with E-state index in [1.165, 1.54) is 0 Å². The van der Waals surface area contributed by atoms with Crippen molar-refractivity contribution in [1.82, 2.24) is 0 Å². The van der Waals surface area contributed by atoms with Gasteiger partial charge in [-0.1, -0.05) is 0 Å². The van der Waals surface area contributed by atoms with Crippen LogP contribution in [0, 0.1) is 0 Å². The van der Waals surface area contributed by atoms with Gasteiger partial charge in [0.25, 0.3) is 0 Å². The quantitative estimate of drug-likeness (QED) is 0.293. The smallest absolute Gasteiger partial charge is 0.822 e. The van der Waals surface area contributed by atoms with E-state index in [0.29, 0.717) is 0 Å². The third-order valence-corrected chi connectivity index (χ3v) is 0. The van der Waals surface area contributed by atoms with E-state index in [2.05, 4.69) is 0 Å². The van der Waals surface area contributed by atoms with Crippen LogP contribution in [0.5, 0.6) is 0 Å². The molecule has 0 aromatic carbocycles. The molecule has 17 nitrogen and oxygen atoms in total. The van der Waals surface area contributed by atoms with E-state index in [-0.39, 0.29) is 130 Å². The number of phosphoric acid groups is 1. The van der Waals surface area contributed by atoms with Gasteiger partial charge in [-0.2, -0.15) is 7.82 Å². The number of rotatable bonds is 0. The van der Waals surface area contributed by atoms with Gasteiger partial charge in [-0.05, 0) is 0 Å². The first-order valence-electron chi connectivity index (χ1n) is 0.730. The third kappa shape index (κ3) is 2680. The van der Waals surface area contributed by atoms with Gasteiger partial charge in [0.2, 0.25) is 0 Å². The Labute approximate surface area is 156 Å². The molecule has 0 unspecified atom stereocenters. The van der Waals surface area contributed by atoms with Crippen molar-refractivity contribution in [3.8, 4) is 0 Å². The van der Waals surface area contributed by atoms with Gasteiger partial charge in [-0.25, -0.2) is 0 Å². The Kier molecular flexibility index (Phi) is 2010. The summed E-state index contributed by atoms with van der Waals surface area (Å²) in [6, 6.07) is 0. The van der Waals surface area contributed by atoms with E-state index < -0.39 is 7.82 Å². The van der Waals surface area contributed by atoms with Gasteiger partial charge in [0.1, 0.15) is 0 Å². The van der Waals surface area contributed by atoms with Crippen LogP contribution in [0.2, 0.25) is 0 Å². The third-order valence-electron chi connectivity index (χ3n) is 0. The van der Waals surface area contributed by atoms with Gasteiger partial charge in [-0.15, -0.1) is 0 Å². The predicted molar refractivity (Wildman–Crippen MR) is 54.6 cm³/mol. The number of hydrogen-bond donors (Lipinski definition) is 0. The van der Waals surface area contributed by atoms with Crippen LogP contribution < -0.4 is 73.8 Å². The van der Waals surface area contributed by atoms with Crippen molar-refractivity contribution < 1.29 is 150 Å². The van der Waals surface area contributed by atoms with Crippen LogP contribution >= 0.6 is 7.82 Å². The zero-order valence-corrected chi connectivity index (χ0v) is 15.5. The molecule has 0 aliphatic rings. The summed E-state index contributed by atoms with van der Waals surface area (Å²) < 4.78 is 8.55. The molecule has 0 aromatic rings. The van der Waals surface area contributed by atoms with E-state index in [0.717, 1.165) is 0 Å². The molecule has 0 heterocycles. The van der Waals surface area contributed by atoms with Gasteiger partial charge >= 0.3 is 59.1 Å². The molecule has 26 N–H and O–H groups in total. The van der Waals surface area contributed by atoms with Crippen LogP contribution in [-0.4, -0.2) is 71.2 Å². The van der Waals surface area contributed by atoms with Gasteiger partial charge in [0, 0.05) is 0 Å². The molecule has 136 valence electrons. The Balaban J connectivity index is -0.000000000762. The average molecular weight is 375 g/mol. The molecule has 20 heavy (non-hydrogen) atoms. The molecule has 0 aliphatic carbocycles. The zero-order valence-electron chi connectivity index (χ0n) is 10.6. The van der Waals surface area contributed by atoms with Gasteiger partial charge in [0.15, 0.2) is 0 Å². The molecule has 0 aliphatic heterocycles. The van der Waals surface area contributed by atoms with Crippen molar-refractivity contribution in [3.05, 3.63) is 0 Å². The summed E-state index contributed by atoms with van der Waals surface area (Å²) in [4.78, 5) is 25.6. The Morgan fingerprint density at radius 2 is 0.400 bits per heavy atom. The Morgan fingerprint density at radius 1 is 0.400 bits per heavy atom. The summed E-state index contributed by atoms with van der Waals surface area (Å²) in [7, 11) is -5.39. The number of hydrogen-bond acceptors (Lipinski definition) is 4. The molecule has 0 amide bonds. The first kappa shape index (κ1) is 293. The Morgan fingerprint density at radius 3 is 0.400 bits per heavy atom. The second kappa shape index (κ2) is 137. The molecule has 0 bridgehead atoms. The van der Waals surface area contributed by atoms with Crippen LogP contribution in [0.4, 0.5) is 0 Å². The Bertz CT molecular complexity index is 61.1. The standard InChI is InChI=1S/2Na.H3O4P.13H2O/c;;1-5(2,3)4;;;;;;;;;;;;;/h;;(H3,1,2,3,4);13*1H2/q2*+1;;;;;;;;;;;;;;/p-3. The maximum Gasteiger partial charge on any atom is 1.00 e. The monoisotopic (exact) mass is 375 g/mol. The van der Waals surface area contributed by atoms with Crippen molar-refractivity contribution in [1.29, 1.82) is 0 Å². The van der Waals surface area contributed by atoms with Crippen molar-refractivity contribution in [2.45, 2.75) is 0 Å². The van der Waals surface area contributed by atoms with E-state index in [1.807, 2.05) is 0 Å². The topological polar surface area (TPSA) is 496 Å². The second-order valence-electron chi connectivity index (χ2n) is 0.447. The van der Waals surface area contributed by atoms with E-state index >= 15 is 0 Å². The molecule has 0 rings (SSSR count). The van der Waals surface area contributed by atoms with Crippen LogP contribution in [0.3, 0.4) is 0 Å². The molecule has 20 heteroatoms. The molecule has 0 saturated carbocycles. The SMILES string of the molecule is O.O.O.O.O.O.O.O.O.O.O.O.O.O=P([O-])([O-])[O-].[Na+].[Na+].